The zero-order valence-corrected chi connectivity index (χ0v) is 14.5. The average Bonchev–Trinajstić information content (AvgIpc) is 3.01. The molecule has 0 saturated heterocycles. The highest BCUT2D eigenvalue weighted by Crippen LogP contribution is 2.25. The van der Waals surface area contributed by atoms with E-state index in [1.165, 1.54) is 35.2 Å². The van der Waals surface area contributed by atoms with Crippen molar-refractivity contribution in [3.63, 3.8) is 0 Å². The van der Waals surface area contributed by atoms with E-state index in [2.05, 4.69) is 27.8 Å². The summed E-state index contributed by atoms with van der Waals surface area (Å²) in [6.45, 7) is 3.48. The summed E-state index contributed by atoms with van der Waals surface area (Å²) in [5.74, 6) is 0.0145. The number of anilines is 1. The van der Waals surface area contributed by atoms with Crippen LogP contribution in [-0.2, 0) is 11.2 Å². The number of nitrogens with one attached hydrogen (secondary N) is 2. The summed E-state index contributed by atoms with van der Waals surface area (Å²) >= 11 is 2.83. The molecule has 2 N–H and O–H groups in total. The number of amides is 1. The van der Waals surface area contributed by atoms with E-state index >= 15 is 0 Å². The Labute approximate surface area is 143 Å². The van der Waals surface area contributed by atoms with Crippen LogP contribution in [0, 0.1) is 5.82 Å². The van der Waals surface area contributed by atoms with Crippen LogP contribution in [0.2, 0.25) is 0 Å². The number of carbonyl (C=O) groups is 1. The molecule has 23 heavy (non-hydrogen) atoms. The third-order valence-electron chi connectivity index (χ3n) is 2.91. The van der Waals surface area contributed by atoms with Crippen molar-refractivity contribution in [3.8, 4) is 0 Å². The third kappa shape index (κ3) is 6.54. The van der Waals surface area contributed by atoms with Crippen LogP contribution in [0.4, 0.5) is 9.52 Å². The molecule has 0 radical (unpaired) electrons. The molecule has 1 aromatic heterocycles. The van der Waals surface area contributed by atoms with Crippen LogP contribution in [0.15, 0.2) is 28.6 Å². The zero-order chi connectivity index (χ0) is 16.5. The molecule has 124 valence electrons. The number of benzene rings is 1. The van der Waals surface area contributed by atoms with Crippen molar-refractivity contribution in [3.05, 3.63) is 35.6 Å². The van der Waals surface area contributed by atoms with E-state index < -0.39 is 0 Å². The molecule has 0 fully saturated rings. The summed E-state index contributed by atoms with van der Waals surface area (Å²) in [5.41, 5.74) is 0.995. The molecular formula is C15H19FN4OS2. The lowest BCUT2D eigenvalue weighted by Gasteiger charge is -2.04. The molecule has 5 nitrogen and oxygen atoms in total. The van der Waals surface area contributed by atoms with Gasteiger partial charge in [-0.3, -0.25) is 4.79 Å². The van der Waals surface area contributed by atoms with Crippen LogP contribution in [0.5, 0.6) is 0 Å². The van der Waals surface area contributed by atoms with E-state index in [-0.39, 0.29) is 11.7 Å². The summed E-state index contributed by atoms with van der Waals surface area (Å²) in [4.78, 5) is 11.8. The minimum atomic E-state index is -0.251. The highest BCUT2D eigenvalue weighted by Gasteiger charge is 2.07. The molecule has 0 bridgehead atoms. The Morgan fingerprint density at radius 3 is 2.78 bits per heavy atom. The molecule has 1 aromatic carbocycles. The standard InChI is InChI=1S/C15H19FN4OS2/c1-2-8-18-14-19-20-15(23-14)22-10-13(21)17-9-7-11-3-5-12(16)6-4-11/h3-6H,2,7-10H2,1H3,(H,17,21)(H,18,19). The van der Waals surface area contributed by atoms with E-state index in [0.717, 1.165) is 28.0 Å². The van der Waals surface area contributed by atoms with Crippen molar-refractivity contribution in [2.45, 2.75) is 24.1 Å². The van der Waals surface area contributed by atoms with Crippen molar-refractivity contribution < 1.29 is 9.18 Å². The van der Waals surface area contributed by atoms with Crippen LogP contribution in [-0.4, -0.2) is 34.9 Å². The van der Waals surface area contributed by atoms with Gasteiger partial charge in [-0.25, -0.2) is 4.39 Å². The van der Waals surface area contributed by atoms with Crippen molar-refractivity contribution in [2.75, 3.05) is 24.2 Å². The largest absolute Gasteiger partial charge is 0.360 e. The molecule has 0 aliphatic carbocycles. The number of thioether (sulfide) groups is 1. The summed E-state index contributed by atoms with van der Waals surface area (Å²) in [6.07, 6.45) is 1.71. The highest BCUT2D eigenvalue weighted by atomic mass is 32.2. The quantitative estimate of drug-likeness (QED) is 0.678. The predicted molar refractivity (Wildman–Crippen MR) is 92.5 cm³/mol. The van der Waals surface area contributed by atoms with Gasteiger partial charge >= 0.3 is 0 Å². The average molecular weight is 354 g/mol. The van der Waals surface area contributed by atoms with E-state index in [1.807, 2.05) is 0 Å². The van der Waals surface area contributed by atoms with Gasteiger partial charge in [-0.2, -0.15) is 0 Å². The molecule has 1 heterocycles. The maximum atomic E-state index is 12.8. The molecule has 2 rings (SSSR count). The molecule has 2 aromatic rings. The number of halogens is 1. The van der Waals surface area contributed by atoms with Gasteiger partial charge in [0.15, 0.2) is 4.34 Å². The van der Waals surface area contributed by atoms with Crippen LogP contribution in [0.3, 0.4) is 0 Å². The van der Waals surface area contributed by atoms with Gasteiger partial charge < -0.3 is 10.6 Å². The van der Waals surface area contributed by atoms with Gasteiger partial charge in [0.05, 0.1) is 5.75 Å². The Bertz CT molecular complexity index is 618. The first kappa shape index (κ1) is 17.7. The van der Waals surface area contributed by atoms with Gasteiger partial charge in [-0.1, -0.05) is 42.2 Å². The van der Waals surface area contributed by atoms with Gasteiger partial charge in [0.25, 0.3) is 0 Å². The topological polar surface area (TPSA) is 66.9 Å². The van der Waals surface area contributed by atoms with E-state index in [0.29, 0.717) is 18.7 Å². The van der Waals surface area contributed by atoms with Crippen LogP contribution < -0.4 is 10.6 Å². The van der Waals surface area contributed by atoms with Gasteiger partial charge in [0, 0.05) is 13.1 Å². The second-order valence-electron chi connectivity index (χ2n) is 4.81. The van der Waals surface area contributed by atoms with Crippen molar-refractivity contribution in [1.29, 1.82) is 0 Å². The first-order chi connectivity index (χ1) is 11.2. The molecule has 0 unspecified atom stereocenters. The number of rotatable bonds is 9. The number of hydrogen-bond donors (Lipinski definition) is 2. The zero-order valence-electron chi connectivity index (χ0n) is 12.8. The van der Waals surface area contributed by atoms with Gasteiger partial charge in [0.1, 0.15) is 5.82 Å². The van der Waals surface area contributed by atoms with Crippen molar-refractivity contribution in [2.24, 2.45) is 0 Å². The Morgan fingerprint density at radius 2 is 2.04 bits per heavy atom. The lowest BCUT2D eigenvalue weighted by Crippen LogP contribution is -2.27. The minimum absolute atomic E-state index is 0.0459. The van der Waals surface area contributed by atoms with E-state index in [9.17, 15) is 9.18 Å². The number of nitrogens with zero attached hydrogens (tertiary/aromatic N) is 2. The van der Waals surface area contributed by atoms with Crippen molar-refractivity contribution >= 4 is 34.1 Å². The summed E-state index contributed by atoms with van der Waals surface area (Å²) in [6, 6.07) is 6.30. The normalized spacial score (nSPS) is 10.5. The van der Waals surface area contributed by atoms with E-state index in [4.69, 9.17) is 0 Å². The monoisotopic (exact) mass is 354 g/mol. The SMILES string of the molecule is CCCNc1nnc(SCC(=O)NCCc2ccc(F)cc2)s1. The molecule has 0 spiro atoms. The molecule has 0 saturated carbocycles. The Hall–Kier alpha value is -1.67. The lowest BCUT2D eigenvalue weighted by atomic mass is 10.1. The smallest absolute Gasteiger partial charge is 0.230 e. The molecule has 1 amide bonds. The van der Waals surface area contributed by atoms with Crippen LogP contribution >= 0.6 is 23.1 Å². The fraction of sp³-hybridized carbons (Fsp3) is 0.400. The third-order valence-corrected chi connectivity index (χ3v) is 4.92. The lowest BCUT2D eigenvalue weighted by molar-refractivity contribution is -0.118. The highest BCUT2D eigenvalue weighted by molar-refractivity contribution is 8.01. The van der Waals surface area contributed by atoms with Crippen molar-refractivity contribution in [1.82, 2.24) is 15.5 Å². The van der Waals surface area contributed by atoms with Gasteiger partial charge in [0.2, 0.25) is 11.0 Å². The van der Waals surface area contributed by atoms with Gasteiger partial charge in [-0.05, 0) is 30.5 Å². The van der Waals surface area contributed by atoms with E-state index in [1.54, 1.807) is 12.1 Å². The number of carbonyl (C=O) groups excluding carboxylic acids is 1. The molecule has 0 atom stereocenters. The minimum Gasteiger partial charge on any atom is -0.360 e. The van der Waals surface area contributed by atoms with Crippen LogP contribution in [0.1, 0.15) is 18.9 Å². The molecule has 8 heteroatoms. The second kappa shape index (κ2) is 9.46. The fourth-order valence-electron chi connectivity index (χ4n) is 1.75. The first-order valence-electron chi connectivity index (χ1n) is 7.38. The molecule has 0 aliphatic heterocycles. The summed E-state index contributed by atoms with van der Waals surface area (Å²) < 4.78 is 13.6. The first-order valence-corrected chi connectivity index (χ1v) is 9.19. The Kier molecular flexibility index (Phi) is 7.28. The Morgan fingerprint density at radius 1 is 1.26 bits per heavy atom. The summed E-state index contributed by atoms with van der Waals surface area (Å²) in [5, 5.41) is 14.8. The number of hydrogen-bond acceptors (Lipinski definition) is 6. The molecule has 0 aliphatic rings. The Balaban J connectivity index is 1.64. The van der Waals surface area contributed by atoms with Crippen LogP contribution in [0.25, 0.3) is 0 Å². The predicted octanol–water partition coefficient (Wildman–Crippen LogP) is 2.95. The second-order valence-corrected chi connectivity index (χ2v) is 7.01. The fourth-order valence-corrected chi connectivity index (χ4v) is 3.35. The summed E-state index contributed by atoms with van der Waals surface area (Å²) in [7, 11) is 0. The number of aromatic nitrogens is 2. The molecular weight excluding hydrogens is 335 g/mol. The maximum absolute atomic E-state index is 12.8. The maximum Gasteiger partial charge on any atom is 0.230 e. The van der Waals surface area contributed by atoms with Gasteiger partial charge in [-0.15, -0.1) is 10.2 Å².